The van der Waals surface area contributed by atoms with Crippen LogP contribution >= 0.6 is 15.9 Å². The number of carbonyl (C=O) groups excluding carboxylic acids is 1. The average molecular weight is 375 g/mol. The van der Waals surface area contributed by atoms with E-state index < -0.39 is 0 Å². The van der Waals surface area contributed by atoms with Crippen LogP contribution in [-0.2, 0) is 0 Å². The Morgan fingerprint density at radius 3 is 2.70 bits per heavy atom. The number of halogens is 1. The Kier molecular flexibility index (Phi) is 4.91. The van der Waals surface area contributed by atoms with Crippen molar-refractivity contribution in [2.75, 3.05) is 23.3 Å². The molecule has 120 valence electrons. The van der Waals surface area contributed by atoms with E-state index in [1.165, 1.54) is 12.8 Å². The lowest BCUT2D eigenvalue weighted by atomic mass is 9.99. The van der Waals surface area contributed by atoms with E-state index in [4.69, 9.17) is 0 Å². The van der Waals surface area contributed by atoms with Crippen LogP contribution in [0.5, 0.6) is 0 Å². The van der Waals surface area contributed by atoms with Crippen LogP contribution in [0.2, 0.25) is 0 Å². The van der Waals surface area contributed by atoms with Crippen LogP contribution < -0.4 is 10.2 Å². The van der Waals surface area contributed by atoms with Gasteiger partial charge in [-0.05, 0) is 52.9 Å². The van der Waals surface area contributed by atoms with Gasteiger partial charge in [0, 0.05) is 30.0 Å². The quantitative estimate of drug-likeness (QED) is 0.888. The Morgan fingerprint density at radius 2 is 2.04 bits per heavy atom. The van der Waals surface area contributed by atoms with E-state index in [1.807, 2.05) is 18.2 Å². The zero-order valence-electron chi connectivity index (χ0n) is 13.0. The van der Waals surface area contributed by atoms with Crippen LogP contribution in [0.1, 0.15) is 30.1 Å². The predicted molar refractivity (Wildman–Crippen MR) is 94.7 cm³/mol. The highest BCUT2D eigenvalue weighted by atomic mass is 79.9. The van der Waals surface area contributed by atoms with E-state index in [0.29, 0.717) is 11.3 Å². The third-order valence-corrected chi connectivity index (χ3v) is 4.51. The van der Waals surface area contributed by atoms with Gasteiger partial charge in [-0.3, -0.25) is 9.78 Å². The Bertz CT molecular complexity index is 681. The molecule has 0 saturated carbocycles. The van der Waals surface area contributed by atoms with Crippen molar-refractivity contribution in [1.82, 2.24) is 9.97 Å². The van der Waals surface area contributed by atoms with Crippen LogP contribution in [0, 0.1) is 5.92 Å². The number of pyridine rings is 2. The molecule has 0 spiro atoms. The fraction of sp³-hybridized carbons (Fsp3) is 0.353. The fourth-order valence-electron chi connectivity index (χ4n) is 2.63. The van der Waals surface area contributed by atoms with Crippen LogP contribution in [0.4, 0.5) is 11.5 Å². The summed E-state index contributed by atoms with van der Waals surface area (Å²) in [6.45, 7) is 4.35. The average Bonchev–Trinajstić information content (AvgIpc) is 2.56. The highest BCUT2D eigenvalue weighted by Gasteiger charge is 2.17. The molecule has 1 fully saturated rings. The first kappa shape index (κ1) is 15.9. The standard InChI is InChI=1S/C17H19BrN4O/c1-12-4-6-22(7-5-12)16-3-2-13(9-20-16)17(23)21-15-8-14(18)10-19-11-15/h2-3,8-12H,4-7H2,1H3,(H,21,23). The third kappa shape index (κ3) is 4.07. The molecule has 2 aromatic heterocycles. The molecule has 1 aliphatic heterocycles. The van der Waals surface area contributed by atoms with E-state index >= 15 is 0 Å². The van der Waals surface area contributed by atoms with Crippen molar-refractivity contribution < 1.29 is 4.79 Å². The molecule has 0 unspecified atom stereocenters. The van der Waals surface area contributed by atoms with Gasteiger partial charge in [0.1, 0.15) is 5.82 Å². The summed E-state index contributed by atoms with van der Waals surface area (Å²) in [5.74, 6) is 1.55. The molecular weight excluding hydrogens is 356 g/mol. The molecule has 5 nitrogen and oxygen atoms in total. The van der Waals surface area contributed by atoms with Crippen molar-refractivity contribution in [3.63, 3.8) is 0 Å². The van der Waals surface area contributed by atoms with Crippen LogP contribution in [0.25, 0.3) is 0 Å². The molecule has 6 heteroatoms. The lowest BCUT2D eigenvalue weighted by Gasteiger charge is -2.31. The number of nitrogens with one attached hydrogen (secondary N) is 1. The summed E-state index contributed by atoms with van der Waals surface area (Å²) in [6.07, 6.45) is 7.30. The van der Waals surface area contributed by atoms with Crippen LogP contribution in [0.3, 0.4) is 0 Å². The highest BCUT2D eigenvalue weighted by Crippen LogP contribution is 2.21. The molecule has 0 atom stereocenters. The number of anilines is 2. The Labute approximate surface area is 144 Å². The predicted octanol–water partition coefficient (Wildman–Crippen LogP) is 3.73. The van der Waals surface area contributed by atoms with Gasteiger partial charge in [-0.15, -0.1) is 0 Å². The number of nitrogens with zero attached hydrogens (tertiary/aromatic N) is 3. The van der Waals surface area contributed by atoms with Gasteiger partial charge in [0.15, 0.2) is 0 Å². The SMILES string of the molecule is CC1CCN(c2ccc(C(=O)Nc3cncc(Br)c3)cn2)CC1. The molecule has 0 radical (unpaired) electrons. The van der Waals surface area contributed by atoms with Gasteiger partial charge in [-0.25, -0.2) is 4.98 Å². The van der Waals surface area contributed by atoms with Crippen molar-refractivity contribution in [1.29, 1.82) is 0 Å². The molecule has 1 amide bonds. The molecule has 0 aliphatic carbocycles. The number of hydrogen-bond donors (Lipinski definition) is 1. The fourth-order valence-corrected chi connectivity index (χ4v) is 2.99. The normalized spacial score (nSPS) is 15.5. The number of hydrogen-bond acceptors (Lipinski definition) is 4. The molecule has 2 aromatic rings. The number of aromatic nitrogens is 2. The summed E-state index contributed by atoms with van der Waals surface area (Å²) < 4.78 is 0.822. The number of piperidine rings is 1. The minimum Gasteiger partial charge on any atom is -0.357 e. The maximum Gasteiger partial charge on any atom is 0.257 e. The summed E-state index contributed by atoms with van der Waals surface area (Å²) >= 11 is 3.33. The summed E-state index contributed by atoms with van der Waals surface area (Å²) in [5.41, 5.74) is 1.19. The molecule has 0 aromatic carbocycles. The molecule has 23 heavy (non-hydrogen) atoms. The van der Waals surface area contributed by atoms with E-state index in [1.54, 1.807) is 18.6 Å². The smallest absolute Gasteiger partial charge is 0.257 e. The molecule has 3 heterocycles. The van der Waals surface area contributed by atoms with Crippen molar-refractivity contribution >= 4 is 33.3 Å². The van der Waals surface area contributed by atoms with E-state index in [0.717, 1.165) is 29.3 Å². The minimum absolute atomic E-state index is 0.184. The highest BCUT2D eigenvalue weighted by molar-refractivity contribution is 9.10. The summed E-state index contributed by atoms with van der Waals surface area (Å²) in [6, 6.07) is 5.55. The Hall–Kier alpha value is -1.95. The van der Waals surface area contributed by atoms with Gasteiger partial charge in [-0.1, -0.05) is 6.92 Å². The summed E-state index contributed by atoms with van der Waals surface area (Å²) in [7, 11) is 0. The second-order valence-corrected chi connectivity index (χ2v) is 6.84. The lowest BCUT2D eigenvalue weighted by molar-refractivity contribution is 0.102. The minimum atomic E-state index is -0.184. The topological polar surface area (TPSA) is 58.1 Å². The second-order valence-electron chi connectivity index (χ2n) is 5.92. The maximum absolute atomic E-state index is 12.2. The van der Waals surface area contributed by atoms with E-state index in [2.05, 4.69) is 43.0 Å². The van der Waals surface area contributed by atoms with Gasteiger partial charge in [0.05, 0.1) is 17.4 Å². The van der Waals surface area contributed by atoms with Crippen molar-refractivity contribution in [2.45, 2.75) is 19.8 Å². The zero-order chi connectivity index (χ0) is 16.2. The lowest BCUT2D eigenvalue weighted by Crippen LogP contribution is -2.33. The molecule has 0 bridgehead atoms. The molecule has 1 N–H and O–H groups in total. The second kappa shape index (κ2) is 7.08. The van der Waals surface area contributed by atoms with Gasteiger partial charge in [-0.2, -0.15) is 0 Å². The first-order chi connectivity index (χ1) is 11.1. The van der Waals surface area contributed by atoms with E-state index in [9.17, 15) is 4.79 Å². The molecule has 1 saturated heterocycles. The number of amides is 1. The van der Waals surface area contributed by atoms with Crippen molar-refractivity contribution in [3.05, 3.63) is 46.8 Å². The molecule has 1 aliphatic rings. The van der Waals surface area contributed by atoms with Crippen LogP contribution in [-0.4, -0.2) is 29.0 Å². The summed E-state index contributed by atoms with van der Waals surface area (Å²) in [5, 5.41) is 2.82. The molecular formula is C17H19BrN4O. The summed E-state index contributed by atoms with van der Waals surface area (Å²) in [4.78, 5) is 23.0. The zero-order valence-corrected chi connectivity index (χ0v) is 14.6. The van der Waals surface area contributed by atoms with Crippen LogP contribution in [0.15, 0.2) is 41.3 Å². The number of rotatable bonds is 3. The van der Waals surface area contributed by atoms with Gasteiger partial charge in [0.25, 0.3) is 5.91 Å². The van der Waals surface area contributed by atoms with Gasteiger partial charge < -0.3 is 10.2 Å². The first-order valence-electron chi connectivity index (χ1n) is 7.75. The number of carbonyl (C=O) groups is 1. The van der Waals surface area contributed by atoms with Crippen molar-refractivity contribution in [3.8, 4) is 0 Å². The van der Waals surface area contributed by atoms with E-state index in [-0.39, 0.29) is 5.91 Å². The first-order valence-corrected chi connectivity index (χ1v) is 8.54. The Balaban J connectivity index is 1.65. The Morgan fingerprint density at radius 1 is 1.26 bits per heavy atom. The maximum atomic E-state index is 12.2. The molecule has 3 rings (SSSR count). The van der Waals surface area contributed by atoms with Gasteiger partial charge in [0.2, 0.25) is 0 Å². The third-order valence-electron chi connectivity index (χ3n) is 4.08. The largest absolute Gasteiger partial charge is 0.357 e. The van der Waals surface area contributed by atoms with Crippen molar-refractivity contribution in [2.24, 2.45) is 5.92 Å². The monoisotopic (exact) mass is 374 g/mol. The van der Waals surface area contributed by atoms with Gasteiger partial charge >= 0.3 is 0 Å².